The van der Waals surface area contributed by atoms with Gasteiger partial charge in [-0.3, -0.25) is 0 Å². The Kier molecular flexibility index (Phi) is 5.79. The molecule has 0 saturated carbocycles. The van der Waals surface area contributed by atoms with E-state index in [0.29, 0.717) is 13.2 Å². The highest BCUT2D eigenvalue weighted by molar-refractivity contribution is 5.69. The fraction of sp³-hybridized carbons (Fsp3) is 0.286. The number of hydrogen-bond donors (Lipinski definition) is 0. The number of rotatable bonds is 7. The Morgan fingerprint density at radius 1 is 1.07 bits per heavy atom. The molecular formula is C21H23N5O. The number of aryl methyl sites for hydroxylation is 1. The first-order chi connectivity index (χ1) is 13.1. The first-order valence-electron chi connectivity index (χ1n) is 9.03. The summed E-state index contributed by atoms with van der Waals surface area (Å²) in [6.45, 7) is 7.23. The number of azide groups is 1. The van der Waals surface area contributed by atoms with Crippen molar-refractivity contribution in [2.24, 2.45) is 5.11 Å². The molecule has 0 saturated heterocycles. The molecule has 3 rings (SSSR count). The zero-order chi connectivity index (χ0) is 19.2. The SMILES string of the molecule is CCOc1ccc(-c2c(C)nn(-c3ccc(CCN=[N+]=[N-])cc3)c2C)cc1. The lowest BCUT2D eigenvalue weighted by Gasteiger charge is -2.08. The second kappa shape index (κ2) is 8.43. The molecule has 138 valence electrons. The molecule has 0 fully saturated rings. The average Bonchev–Trinajstić information content (AvgIpc) is 2.98. The lowest BCUT2D eigenvalue weighted by Crippen LogP contribution is -1.99. The molecule has 27 heavy (non-hydrogen) atoms. The highest BCUT2D eigenvalue weighted by atomic mass is 16.5. The van der Waals surface area contributed by atoms with E-state index in [1.807, 2.05) is 42.8 Å². The number of benzene rings is 2. The molecule has 6 heteroatoms. The fourth-order valence-electron chi connectivity index (χ4n) is 3.22. The number of nitrogens with zero attached hydrogens (tertiary/aromatic N) is 5. The van der Waals surface area contributed by atoms with Gasteiger partial charge < -0.3 is 4.74 Å². The smallest absolute Gasteiger partial charge is 0.119 e. The average molecular weight is 361 g/mol. The van der Waals surface area contributed by atoms with Gasteiger partial charge in [0.05, 0.1) is 18.0 Å². The number of ether oxygens (including phenoxy) is 1. The third kappa shape index (κ3) is 4.13. The molecule has 0 atom stereocenters. The van der Waals surface area contributed by atoms with Crippen molar-refractivity contribution in [2.45, 2.75) is 27.2 Å². The largest absolute Gasteiger partial charge is 0.494 e. The minimum Gasteiger partial charge on any atom is -0.494 e. The van der Waals surface area contributed by atoms with Crippen LogP contribution in [0.15, 0.2) is 53.6 Å². The van der Waals surface area contributed by atoms with Crippen LogP contribution in [0.3, 0.4) is 0 Å². The van der Waals surface area contributed by atoms with Gasteiger partial charge in [-0.2, -0.15) is 5.10 Å². The van der Waals surface area contributed by atoms with Crippen LogP contribution in [0, 0.1) is 13.8 Å². The van der Waals surface area contributed by atoms with E-state index in [-0.39, 0.29) is 0 Å². The number of hydrogen-bond acceptors (Lipinski definition) is 3. The van der Waals surface area contributed by atoms with E-state index in [1.54, 1.807) is 0 Å². The number of aromatic nitrogens is 2. The Hall–Kier alpha value is -3.24. The molecule has 0 aliphatic rings. The predicted octanol–water partition coefficient (Wildman–Crippen LogP) is 5.41. The maximum atomic E-state index is 8.37. The van der Waals surface area contributed by atoms with Gasteiger partial charge in [0.2, 0.25) is 0 Å². The molecule has 1 aromatic heterocycles. The van der Waals surface area contributed by atoms with Crippen LogP contribution in [0.2, 0.25) is 0 Å². The van der Waals surface area contributed by atoms with Gasteiger partial charge in [0, 0.05) is 22.7 Å². The molecule has 1 heterocycles. The van der Waals surface area contributed by atoms with Gasteiger partial charge in [-0.1, -0.05) is 29.4 Å². The monoisotopic (exact) mass is 361 g/mol. The topological polar surface area (TPSA) is 75.8 Å². The second-order valence-electron chi connectivity index (χ2n) is 6.29. The van der Waals surface area contributed by atoms with Crippen LogP contribution in [-0.2, 0) is 6.42 Å². The maximum absolute atomic E-state index is 8.37. The quantitative estimate of drug-likeness (QED) is 0.320. The van der Waals surface area contributed by atoms with Gasteiger partial charge >= 0.3 is 0 Å². The summed E-state index contributed by atoms with van der Waals surface area (Å²) in [4.78, 5) is 2.79. The summed E-state index contributed by atoms with van der Waals surface area (Å²) in [7, 11) is 0. The molecule has 0 unspecified atom stereocenters. The van der Waals surface area contributed by atoms with Gasteiger partial charge in [0.25, 0.3) is 0 Å². The zero-order valence-electron chi connectivity index (χ0n) is 15.9. The van der Waals surface area contributed by atoms with Gasteiger partial charge in [-0.15, -0.1) is 0 Å². The molecule has 0 radical (unpaired) electrons. The minimum absolute atomic E-state index is 0.470. The third-order valence-electron chi connectivity index (χ3n) is 4.49. The van der Waals surface area contributed by atoms with Gasteiger partial charge in [0.1, 0.15) is 5.75 Å². The van der Waals surface area contributed by atoms with Crippen molar-refractivity contribution in [3.8, 4) is 22.6 Å². The van der Waals surface area contributed by atoms with E-state index in [0.717, 1.165) is 45.9 Å². The normalized spacial score (nSPS) is 10.5. The summed E-state index contributed by atoms with van der Waals surface area (Å²) in [6.07, 6.45) is 0.735. The molecule has 0 bridgehead atoms. The summed E-state index contributed by atoms with van der Waals surface area (Å²) in [5.41, 5.74) is 14.9. The Bertz CT molecular complexity index is 951. The summed E-state index contributed by atoms with van der Waals surface area (Å²) < 4.78 is 7.50. The van der Waals surface area contributed by atoms with Crippen molar-refractivity contribution < 1.29 is 4.74 Å². The van der Waals surface area contributed by atoms with Crippen molar-refractivity contribution in [3.05, 3.63) is 75.9 Å². The van der Waals surface area contributed by atoms with Crippen LogP contribution in [0.4, 0.5) is 0 Å². The van der Waals surface area contributed by atoms with E-state index in [9.17, 15) is 0 Å². The molecule has 0 amide bonds. The minimum atomic E-state index is 0.470. The zero-order valence-corrected chi connectivity index (χ0v) is 15.9. The molecule has 0 spiro atoms. The van der Waals surface area contributed by atoms with Crippen molar-refractivity contribution in [3.63, 3.8) is 0 Å². The summed E-state index contributed by atoms with van der Waals surface area (Å²) in [5.74, 6) is 0.875. The van der Waals surface area contributed by atoms with Crippen LogP contribution in [0.1, 0.15) is 23.9 Å². The van der Waals surface area contributed by atoms with E-state index in [1.165, 1.54) is 0 Å². The fourth-order valence-corrected chi connectivity index (χ4v) is 3.22. The second-order valence-corrected chi connectivity index (χ2v) is 6.29. The standard InChI is InChI=1S/C21H23N5O/c1-4-27-20-11-7-18(8-12-20)21-15(2)24-26(16(21)3)19-9-5-17(6-10-19)13-14-23-25-22/h5-12H,4,13-14H2,1-3H3. The Labute approximate surface area is 159 Å². The highest BCUT2D eigenvalue weighted by Crippen LogP contribution is 2.30. The van der Waals surface area contributed by atoms with Crippen LogP contribution < -0.4 is 4.74 Å². The van der Waals surface area contributed by atoms with Crippen LogP contribution >= 0.6 is 0 Å². The van der Waals surface area contributed by atoms with Crippen LogP contribution in [0.5, 0.6) is 5.75 Å². The first kappa shape index (κ1) is 18.5. The lowest BCUT2D eigenvalue weighted by atomic mass is 10.0. The van der Waals surface area contributed by atoms with Gasteiger partial charge in [-0.25, -0.2) is 4.68 Å². The highest BCUT2D eigenvalue weighted by Gasteiger charge is 2.14. The lowest BCUT2D eigenvalue weighted by molar-refractivity contribution is 0.340. The Morgan fingerprint density at radius 2 is 1.78 bits per heavy atom. The van der Waals surface area contributed by atoms with E-state index in [2.05, 4.69) is 41.2 Å². The van der Waals surface area contributed by atoms with Crippen molar-refractivity contribution >= 4 is 0 Å². The molecule has 2 aromatic carbocycles. The molecule has 3 aromatic rings. The third-order valence-corrected chi connectivity index (χ3v) is 4.49. The van der Waals surface area contributed by atoms with E-state index >= 15 is 0 Å². The van der Waals surface area contributed by atoms with E-state index in [4.69, 9.17) is 15.4 Å². The molecule has 6 nitrogen and oxygen atoms in total. The molecule has 0 N–H and O–H groups in total. The van der Waals surface area contributed by atoms with E-state index < -0.39 is 0 Å². The van der Waals surface area contributed by atoms with Crippen molar-refractivity contribution in [1.29, 1.82) is 0 Å². The summed E-state index contributed by atoms with van der Waals surface area (Å²) in [6, 6.07) is 16.3. The van der Waals surface area contributed by atoms with Crippen molar-refractivity contribution in [2.75, 3.05) is 13.2 Å². The van der Waals surface area contributed by atoms with Crippen LogP contribution in [-0.4, -0.2) is 22.9 Å². The molecule has 0 aliphatic heterocycles. The van der Waals surface area contributed by atoms with Crippen LogP contribution in [0.25, 0.3) is 27.3 Å². The Balaban J connectivity index is 1.88. The summed E-state index contributed by atoms with van der Waals surface area (Å²) in [5, 5.41) is 8.32. The maximum Gasteiger partial charge on any atom is 0.119 e. The van der Waals surface area contributed by atoms with Gasteiger partial charge in [0.15, 0.2) is 0 Å². The first-order valence-corrected chi connectivity index (χ1v) is 9.03. The summed E-state index contributed by atoms with van der Waals surface area (Å²) >= 11 is 0. The van der Waals surface area contributed by atoms with Crippen molar-refractivity contribution in [1.82, 2.24) is 9.78 Å². The predicted molar refractivity (Wildman–Crippen MR) is 107 cm³/mol. The molecular weight excluding hydrogens is 338 g/mol. The molecule has 0 aliphatic carbocycles. The Morgan fingerprint density at radius 3 is 2.41 bits per heavy atom. The van der Waals surface area contributed by atoms with Gasteiger partial charge in [-0.05, 0) is 68.1 Å².